The van der Waals surface area contributed by atoms with Crippen molar-refractivity contribution in [3.05, 3.63) is 0 Å². The molecule has 15 heavy (non-hydrogen) atoms. The molecule has 0 spiro atoms. The number of nitrogens with one attached hydrogen (secondary N) is 1. The molecule has 3 nitrogen and oxygen atoms in total. The summed E-state index contributed by atoms with van der Waals surface area (Å²) in [6.07, 6.45) is 8.47. The van der Waals surface area contributed by atoms with E-state index in [1.165, 1.54) is 19.3 Å². The third-order valence-electron chi connectivity index (χ3n) is 3.69. The monoisotopic (exact) mass is 211 g/mol. The van der Waals surface area contributed by atoms with Gasteiger partial charge in [0.25, 0.3) is 0 Å². The maximum atomic E-state index is 11.7. The first kappa shape index (κ1) is 10.9. The Morgan fingerprint density at radius 3 is 2.47 bits per heavy atom. The van der Waals surface area contributed by atoms with Gasteiger partial charge in [0, 0.05) is 6.42 Å². The predicted molar refractivity (Wildman–Crippen MR) is 58.4 cm³/mol. The van der Waals surface area contributed by atoms with Crippen molar-refractivity contribution in [3.8, 4) is 0 Å². The molecule has 0 aromatic carbocycles. The van der Waals surface area contributed by atoms with Crippen molar-refractivity contribution in [2.45, 2.75) is 56.9 Å². The summed E-state index contributed by atoms with van der Waals surface area (Å²) in [6, 6.07) is 0. The molecule has 0 atom stereocenters. The molecule has 2 fully saturated rings. The second kappa shape index (κ2) is 4.52. The first-order valence-electron chi connectivity index (χ1n) is 6.16. The number of hydrogen-bond acceptors (Lipinski definition) is 2. The fourth-order valence-corrected chi connectivity index (χ4v) is 2.48. The summed E-state index contributed by atoms with van der Waals surface area (Å²) in [7, 11) is 0. The Bertz CT molecular complexity index is 230. The van der Waals surface area contributed by atoms with Gasteiger partial charge in [0.15, 0.2) is 0 Å². The Balaban J connectivity index is 1.84. The lowest BCUT2D eigenvalue weighted by atomic mass is 9.82. The van der Waals surface area contributed by atoms with E-state index in [-0.39, 0.29) is 18.1 Å². The van der Waals surface area contributed by atoms with Gasteiger partial charge in [0.2, 0.25) is 5.91 Å². The lowest BCUT2D eigenvalue weighted by molar-refractivity contribution is -0.124. The highest BCUT2D eigenvalue weighted by molar-refractivity contribution is 5.77. The third-order valence-corrected chi connectivity index (χ3v) is 3.69. The van der Waals surface area contributed by atoms with Crippen LogP contribution in [0.3, 0.4) is 0 Å². The molecule has 2 rings (SSSR count). The van der Waals surface area contributed by atoms with E-state index in [2.05, 4.69) is 5.32 Å². The quantitative estimate of drug-likeness (QED) is 0.742. The number of amides is 1. The third kappa shape index (κ3) is 2.94. The second-order valence-corrected chi connectivity index (χ2v) is 5.19. The Kier molecular flexibility index (Phi) is 3.29. The number of carbonyl (C=O) groups is 1. The molecular weight excluding hydrogens is 190 g/mol. The number of rotatable bonds is 4. The van der Waals surface area contributed by atoms with Gasteiger partial charge in [-0.25, -0.2) is 0 Å². The topological polar surface area (TPSA) is 49.3 Å². The van der Waals surface area contributed by atoms with Gasteiger partial charge in [-0.05, 0) is 31.6 Å². The SMILES string of the molecule is O=C(CC1CC1)NC1(CO)CCCCC1. The fraction of sp³-hybridized carbons (Fsp3) is 0.917. The molecule has 0 saturated heterocycles. The molecule has 0 aromatic heterocycles. The van der Waals surface area contributed by atoms with Gasteiger partial charge in [-0.2, -0.15) is 0 Å². The van der Waals surface area contributed by atoms with E-state index >= 15 is 0 Å². The molecule has 0 radical (unpaired) electrons. The van der Waals surface area contributed by atoms with Crippen molar-refractivity contribution in [1.82, 2.24) is 5.32 Å². The summed E-state index contributed by atoms with van der Waals surface area (Å²) in [5.74, 6) is 0.776. The van der Waals surface area contributed by atoms with E-state index in [0.717, 1.165) is 25.7 Å². The first-order chi connectivity index (χ1) is 7.24. The van der Waals surface area contributed by atoms with Crippen LogP contribution in [0.2, 0.25) is 0 Å². The van der Waals surface area contributed by atoms with Crippen molar-refractivity contribution >= 4 is 5.91 Å². The predicted octanol–water partition coefficient (Wildman–Crippen LogP) is 1.60. The highest BCUT2D eigenvalue weighted by Crippen LogP contribution is 2.33. The van der Waals surface area contributed by atoms with Crippen LogP contribution in [0.25, 0.3) is 0 Å². The minimum atomic E-state index is -0.287. The van der Waals surface area contributed by atoms with Gasteiger partial charge in [0.05, 0.1) is 12.1 Å². The molecule has 0 bridgehead atoms. The normalized spacial score (nSPS) is 24.9. The maximum Gasteiger partial charge on any atom is 0.220 e. The second-order valence-electron chi connectivity index (χ2n) is 5.19. The molecule has 3 heteroatoms. The number of aliphatic hydroxyl groups is 1. The van der Waals surface area contributed by atoms with Crippen LogP contribution in [0.4, 0.5) is 0 Å². The minimum absolute atomic E-state index is 0.101. The molecule has 2 aliphatic rings. The lowest BCUT2D eigenvalue weighted by Gasteiger charge is -2.36. The molecule has 0 unspecified atom stereocenters. The van der Waals surface area contributed by atoms with Gasteiger partial charge >= 0.3 is 0 Å². The van der Waals surface area contributed by atoms with Crippen LogP contribution in [-0.4, -0.2) is 23.2 Å². The van der Waals surface area contributed by atoms with Crippen LogP contribution in [0, 0.1) is 5.92 Å². The smallest absolute Gasteiger partial charge is 0.220 e. The van der Waals surface area contributed by atoms with Crippen molar-refractivity contribution < 1.29 is 9.90 Å². The Labute approximate surface area is 91.2 Å². The maximum absolute atomic E-state index is 11.7. The molecule has 0 aromatic rings. The van der Waals surface area contributed by atoms with Crippen molar-refractivity contribution in [2.75, 3.05) is 6.61 Å². The van der Waals surface area contributed by atoms with E-state index in [1.54, 1.807) is 0 Å². The van der Waals surface area contributed by atoms with Gasteiger partial charge < -0.3 is 10.4 Å². The number of carbonyl (C=O) groups excluding carboxylic acids is 1. The Hall–Kier alpha value is -0.570. The molecule has 1 amide bonds. The van der Waals surface area contributed by atoms with Gasteiger partial charge in [-0.15, -0.1) is 0 Å². The first-order valence-corrected chi connectivity index (χ1v) is 6.16. The molecule has 2 saturated carbocycles. The van der Waals surface area contributed by atoms with Crippen molar-refractivity contribution in [1.29, 1.82) is 0 Å². The van der Waals surface area contributed by atoms with Crippen molar-refractivity contribution in [3.63, 3.8) is 0 Å². The molecule has 0 heterocycles. The number of hydrogen-bond donors (Lipinski definition) is 2. The largest absolute Gasteiger partial charge is 0.394 e. The van der Waals surface area contributed by atoms with Crippen LogP contribution in [0.15, 0.2) is 0 Å². The van der Waals surface area contributed by atoms with E-state index < -0.39 is 0 Å². The van der Waals surface area contributed by atoms with Gasteiger partial charge in [-0.1, -0.05) is 19.3 Å². The Morgan fingerprint density at radius 1 is 1.27 bits per heavy atom. The van der Waals surface area contributed by atoms with Gasteiger partial charge in [-0.3, -0.25) is 4.79 Å². The van der Waals surface area contributed by atoms with Crippen LogP contribution < -0.4 is 5.32 Å². The van der Waals surface area contributed by atoms with E-state index in [9.17, 15) is 9.90 Å². The summed E-state index contributed by atoms with van der Waals surface area (Å²) >= 11 is 0. The average Bonchev–Trinajstić information content (AvgIpc) is 3.03. The van der Waals surface area contributed by atoms with E-state index in [0.29, 0.717) is 12.3 Å². The van der Waals surface area contributed by atoms with E-state index in [4.69, 9.17) is 0 Å². The van der Waals surface area contributed by atoms with Crippen LogP contribution in [0.5, 0.6) is 0 Å². The zero-order valence-corrected chi connectivity index (χ0v) is 9.30. The highest BCUT2D eigenvalue weighted by atomic mass is 16.3. The summed E-state index contributed by atoms with van der Waals surface area (Å²) in [6.45, 7) is 0.101. The molecule has 2 aliphatic carbocycles. The highest BCUT2D eigenvalue weighted by Gasteiger charge is 2.34. The summed E-state index contributed by atoms with van der Waals surface area (Å²) in [4.78, 5) is 11.7. The van der Waals surface area contributed by atoms with Crippen LogP contribution in [-0.2, 0) is 4.79 Å². The van der Waals surface area contributed by atoms with E-state index in [1.807, 2.05) is 0 Å². The zero-order valence-electron chi connectivity index (χ0n) is 9.30. The van der Waals surface area contributed by atoms with Crippen molar-refractivity contribution in [2.24, 2.45) is 5.92 Å². The van der Waals surface area contributed by atoms with Crippen LogP contribution in [0.1, 0.15) is 51.4 Å². The zero-order chi connectivity index (χ0) is 10.7. The minimum Gasteiger partial charge on any atom is -0.394 e. The fourth-order valence-electron chi connectivity index (χ4n) is 2.48. The van der Waals surface area contributed by atoms with Crippen LogP contribution >= 0.6 is 0 Å². The molecule has 2 N–H and O–H groups in total. The molecule has 86 valence electrons. The summed E-state index contributed by atoms with van der Waals surface area (Å²) < 4.78 is 0. The summed E-state index contributed by atoms with van der Waals surface area (Å²) in [5, 5.41) is 12.5. The average molecular weight is 211 g/mol. The Morgan fingerprint density at radius 2 is 1.93 bits per heavy atom. The number of aliphatic hydroxyl groups excluding tert-OH is 1. The summed E-state index contributed by atoms with van der Waals surface area (Å²) in [5.41, 5.74) is -0.287. The van der Waals surface area contributed by atoms with Gasteiger partial charge in [0.1, 0.15) is 0 Å². The standard InChI is InChI=1S/C12H21NO2/c14-9-12(6-2-1-3-7-12)13-11(15)8-10-4-5-10/h10,14H,1-9H2,(H,13,15). The lowest BCUT2D eigenvalue weighted by Crippen LogP contribution is -2.52. The molecule has 0 aliphatic heterocycles. The molecular formula is C12H21NO2.